The summed E-state index contributed by atoms with van der Waals surface area (Å²) in [6, 6.07) is 14.7. The van der Waals surface area contributed by atoms with Crippen LogP contribution in [-0.2, 0) is 11.2 Å². The lowest BCUT2D eigenvalue weighted by Crippen LogP contribution is -2.52. The summed E-state index contributed by atoms with van der Waals surface area (Å²) in [6.07, 6.45) is 6.81. The Morgan fingerprint density at radius 1 is 1.00 bits per heavy atom. The number of hydrogen-bond acceptors (Lipinski definition) is 3. The fourth-order valence-corrected chi connectivity index (χ4v) is 6.05. The van der Waals surface area contributed by atoms with E-state index in [2.05, 4.69) is 22.2 Å². The highest BCUT2D eigenvalue weighted by Gasteiger charge is 2.33. The molecule has 0 radical (unpaired) electrons. The van der Waals surface area contributed by atoms with E-state index in [1.54, 1.807) is 18.3 Å². The second-order valence-electron chi connectivity index (χ2n) is 10.4. The largest absolute Gasteiger partial charge is 0.360 e. The van der Waals surface area contributed by atoms with Crippen molar-refractivity contribution >= 4 is 46.7 Å². The van der Waals surface area contributed by atoms with Gasteiger partial charge < -0.3 is 20.1 Å². The Labute approximate surface area is 230 Å². The summed E-state index contributed by atoms with van der Waals surface area (Å²) in [7, 11) is 2.20. The van der Waals surface area contributed by atoms with Crippen LogP contribution < -0.4 is 5.32 Å². The van der Waals surface area contributed by atoms with Gasteiger partial charge in [0, 0.05) is 42.2 Å². The minimum atomic E-state index is -0.609. The Hall–Kier alpha value is -2.54. The van der Waals surface area contributed by atoms with Gasteiger partial charge in [-0.1, -0.05) is 48.0 Å². The van der Waals surface area contributed by atoms with E-state index in [4.69, 9.17) is 11.6 Å². The molecule has 2 fully saturated rings. The molecular formula is C29H36Cl2N4O2. The van der Waals surface area contributed by atoms with Crippen molar-refractivity contribution < 1.29 is 9.59 Å². The number of halogens is 2. The number of benzene rings is 2. The van der Waals surface area contributed by atoms with E-state index >= 15 is 0 Å². The summed E-state index contributed by atoms with van der Waals surface area (Å²) < 4.78 is 0. The summed E-state index contributed by atoms with van der Waals surface area (Å²) in [4.78, 5) is 34.4. The second-order valence-corrected chi connectivity index (χ2v) is 10.8. The van der Waals surface area contributed by atoms with Crippen molar-refractivity contribution in [2.24, 2.45) is 11.8 Å². The van der Waals surface area contributed by atoms with Gasteiger partial charge in [-0.05, 0) is 75.4 Å². The standard InChI is InChI=1S/C29H35ClN4O2.ClH/c1-33-13-9-21(10-14-33)22-11-15-34(16-12-22)29(36)27(17-20-5-3-2-4-6-20)32-28(35)23-7-8-24-25(30)19-31-26(24)18-23;/h2-8,18-19,21-22,27,31H,9-17H2,1H3,(H,32,35);1H/t27-;/m1./s1. The molecule has 37 heavy (non-hydrogen) atoms. The fraction of sp³-hybridized carbons (Fsp3) is 0.448. The molecule has 0 bridgehead atoms. The number of fused-ring (bicyclic) bond motifs is 1. The molecule has 0 spiro atoms. The summed E-state index contributed by atoms with van der Waals surface area (Å²) >= 11 is 6.19. The van der Waals surface area contributed by atoms with Crippen LogP contribution in [0.4, 0.5) is 0 Å². The van der Waals surface area contributed by atoms with Gasteiger partial charge in [0.25, 0.3) is 5.91 Å². The average Bonchev–Trinajstić information content (AvgIpc) is 3.29. The number of carbonyl (C=O) groups is 2. The first-order valence-electron chi connectivity index (χ1n) is 13.1. The van der Waals surface area contributed by atoms with Crippen LogP contribution in [0.3, 0.4) is 0 Å². The van der Waals surface area contributed by atoms with Crippen LogP contribution in [-0.4, -0.2) is 65.9 Å². The number of aromatic amines is 1. The zero-order chi connectivity index (χ0) is 25.1. The first kappa shape index (κ1) is 27.5. The SMILES string of the molecule is CN1CCC(C2CCN(C(=O)[C@@H](Cc3ccccc3)NC(=O)c3ccc4c(Cl)c[nH]c4c3)CC2)CC1.Cl. The molecule has 8 heteroatoms. The molecular weight excluding hydrogens is 507 g/mol. The first-order chi connectivity index (χ1) is 17.5. The van der Waals surface area contributed by atoms with Crippen molar-refractivity contribution in [1.82, 2.24) is 20.1 Å². The van der Waals surface area contributed by atoms with Crippen LogP contribution in [0.25, 0.3) is 10.9 Å². The number of likely N-dealkylation sites (tertiary alicyclic amines) is 2. The van der Waals surface area contributed by atoms with Crippen molar-refractivity contribution in [3.05, 3.63) is 70.9 Å². The summed E-state index contributed by atoms with van der Waals surface area (Å²) in [5, 5.41) is 4.54. The Morgan fingerprint density at radius 3 is 2.32 bits per heavy atom. The highest BCUT2D eigenvalue weighted by atomic mass is 35.5. The van der Waals surface area contributed by atoms with E-state index in [0.717, 1.165) is 48.3 Å². The van der Waals surface area contributed by atoms with Crippen LogP contribution in [0.2, 0.25) is 5.02 Å². The van der Waals surface area contributed by atoms with Gasteiger partial charge in [0.1, 0.15) is 6.04 Å². The van der Waals surface area contributed by atoms with Crippen LogP contribution in [0.1, 0.15) is 41.6 Å². The molecule has 3 heterocycles. The smallest absolute Gasteiger partial charge is 0.252 e. The molecule has 0 aliphatic carbocycles. The van der Waals surface area contributed by atoms with Crippen LogP contribution >= 0.6 is 24.0 Å². The number of rotatable bonds is 6. The molecule has 2 aliphatic rings. The Bertz CT molecular complexity index is 1200. The molecule has 2 N–H and O–H groups in total. The van der Waals surface area contributed by atoms with Crippen LogP contribution in [0.15, 0.2) is 54.7 Å². The van der Waals surface area contributed by atoms with Gasteiger partial charge in [-0.25, -0.2) is 0 Å². The van der Waals surface area contributed by atoms with E-state index in [-0.39, 0.29) is 24.2 Å². The molecule has 1 atom stereocenters. The third kappa shape index (κ3) is 6.49. The highest BCUT2D eigenvalue weighted by Crippen LogP contribution is 2.32. The quantitative estimate of drug-likeness (QED) is 0.451. The fourth-order valence-electron chi connectivity index (χ4n) is 5.84. The van der Waals surface area contributed by atoms with E-state index in [1.165, 1.54) is 25.9 Å². The lowest BCUT2D eigenvalue weighted by molar-refractivity contribution is -0.135. The number of carbonyl (C=O) groups excluding carboxylic acids is 2. The van der Waals surface area contributed by atoms with Crippen molar-refractivity contribution in [3.63, 3.8) is 0 Å². The number of hydrogen-bond donors (Lipinski definition) is 2. The molecule has 3 aromatic rings. The monoisotopic (exact) mass is 542 g/mol. The first-order valence-corrected chi connectivity index (χ1v) is 13.4. The van der Waals surface area contributed by atoms with Crippen LogP contribution in [0, 0.1) is 11.8 Å². The summed E-state index contributed by atoms with van der Waals surface area (Å²) in [5.41, 5.74) is 2.34. The second kappa shape index (κ2) is 12.3. The third-order valence-electron chi connectivity index (χ3n) is 8.06. The molecule has 6 nitrogen and oxygen atoms in total. The zero-order valence-electron chi connectivity index (χ0n) is 21.3. The normalized spacial score (nSPS) is 18.4. The maximum Gasteiger partial charge on any atom is 0.252 e. The highest BCUT2D eigenvalue weighted by molar-refractivity contribution is 6.35. The lowest BCUT2D eigenvalue weighted by Gasteiger charge is -2.40. The molecule has 2 aromatic carbocycles. The molecule has 2 saturated heterocycles. The average molecular weight is 544 g/mol. The number of nitrogens with one attached hydrogen (secondary N) is 2. The predicted octanol–water partition coefficient (Wildman–Crippen LogP) is 5.16. The van der Waals surface area contributed by atoms with E-state index in [0.29, 0.717) is 22.9 Å². The topological polar surface area (TPSA) is 68.4 Å². The Morgan fingerprint density at radius 2 is 1.65 bits per heavy atom. The van der Waals surface area contributed by atoms with E-state index in [9.17, 15) is 9.59 Å². The number of H-pyrrole nitrogens is 1. The van der Waals surface area contributed by atoms with Gasteiger partial charge in [-0.3, -0.25) is 9.59 Å². The molecule has 1 aromatic heterocycles. The predicted molar refractivity (Wildman–Crippen MR) is 151 cm³/mol. The Balaban J connectivity index is 0.00000320. The Kier molecular flexibility index (Phi) is 9.17. The number of aromatic nitrogens is 1. The van der Waals surface area contributed by atoms with Gasteiger partial charge in [0.2, 0.25) is 5.91 Å². The van der Waals surface area contributed by atoms with Gasteiger partial charge in [0.15, 0.2) is 0 Å². The van der Waals surface area contributed by atoms with Gasteiger partial charge in [-0.15, -0.1) is 12.4 Å². The number of piperidine rings is 2. The van der Waals surface area contributed by atoms with Crippen molar-refractivity contribution in [2.45, 2.75) is 38.1 Å². The summed E-state index contributed by atoms with van der Waals surface area (Å²) in [5.74, 6) is 1.23. The lowest BCUT2D eigenvalue weighted by atomic mass is 9.79. The van der Waals surface area contributed by atoms with Crippen molar-refractivity contribution in [2.75, 3.05) is 33.2 Å². The molecule has 198 valence electrons. The third-order valence-corrected chi connectivity index (χ3v) is 8.37. The van der Waals surface area contributed by atoms with Crippen molar-refractivity contribution in [3.8, 4) is 0 Å². The molecule has 2 amide bonds. The maximum atomic E-state index is 13.7. The minimum absolute atomic E-state index is 0. The maximum absolute atomic E-state index is 13.7. The summed E-state index contributed by atoms with van der Waals surface area (Å²) in [6.45, 7) is 3.89. The molecule has 0 unspecified atom stereocenters. The number of nitrogens with zero attached hydrogens (tertiary/aromatic N) is 2. The van der Waals surface area contributed by atoms with Gasteiger partial charge in [0.05, 0.1) is 5.02 Å². The molecule has 2 aliphatic heterocycles. The van der Waals surface area contributed by atoms with E-state index in [1.807, 2.05) is 41.3 Å². The van der Waals surface area contributed by atoms with Crippen molar-refractivity contribution in [1.29, 1.82) is 0 Å². The number of amides is 2. The van der Waals surface area contributed by atoms with Gasteiger partial charge >= 0.3 is 0 Å². The van der Waals surface area contributed by atoms with Gasteiger partial charge in [-0.2, -0.15) is 0 Å². The van der Waals surface area contributed by atoms with Crippen LogP contribution in [0.5, 0.6) is 0 Å². The zero-order valence-corrected chi connectivity index (χ0v) is 22.9. The minimum Gasteiger partial charge on any atom is -0.360 e. The van der Waals surface area contributed by atoms with E-state index < -0.39 is 6.04 Å². The molecule has 5 rings (SSSR count). The molecule has 0 saturated carbocycles.